The van der Waals surface area contributed by atoms with Crippen molar-refractivity contribution in [3.05, 3.63) is 54.6 Å². The molecule has 5 heteroatoms. The predicted octanol–water partition coefficient (Wildman–Crippen LogP) is 2.56. The molecule has 2 heterocycles. The van der Waals surface area contributed by atoms with Crippen molar-refractivity contribution in [3.8, 4) is 0 Å². The number of aromatic nitrogens is 2. The van der Waals surface area contributed by atoms with Gasteiger partial charge in [0, 0.05) is 42.5 Å². The summed E-state index contributed by atoms with van der Waals surface area (Å²) in [6.07, 6.45) is 7.07. The Bertz CT molecular complexity index is 766. The van der Waals surface area contributed by atoms with Gasteiger partial charge < -0.3 is 14.8 Å². The topological polar surface area (TPSA) is 63.2 Å². The van der Waals surface area contributed by atoms with E-state index in [2.05, 4.69) is 16.5 Å². The average molecular weight is 311 g/mol. The monoisotopic (exact) mass is 311 g/mol. The van der Waals surface area contributed by atoms with Crippen LogP contribution in [0.5, 0.6) is 0 Å². The quantitative estimate of drug-likeness (QED) is 0.760. The van der Waals surface area contributed by atoms with E-state index in [-0.39, 0.29) is 12.1 Å². The van der Waals surface area contributed by atoms with E-state index in [0.717, 1.165) is 35.9 Å². The molecule has 0 saturated heterocycles. The Morgan fingerprint density at radius 3 is 3.04 bits per heavy atom. The molecule has 2 N–H and O–H groups in total. The van der Waals surface area contributed by atoms with Crippen LogP contribution in [0.2, 0.25) is 0 Å². The number of hydrogen-bond acceptors (Lipinski definition) is 4. The fourth-order valence-electron chi connectivity index (χ4n) is 3.57. The molecule has 0 amide bonds. The van der Waals surface area contributed by atoms with Crippen molar-refractivity contribution in [2.75, 3.05) is 0 Å². The summed E-state index contributed by atoms with van der Waals surface area (Å²) < 4.78 is 7.52. The molecule has 0 radical (unpaired) electrons. The Morgan fingerprint density at radius 1 is 1.26 bits per heavy atom. The van der Waals surface area contributed by atoms with Gasteiger partial charge in [0.15, 0.2) is 0 Å². The second-order valence-electron chi connectivity index (χ2n) is 6.38. The van der Waals surface area contributed by atoms with Crippen LogP contribution in [-0.4, -0.2) is 27.0 Å². The van der Waals surface area contributed by atoms with E-state index >= 15 is 0 Å². The highest BCUT2D eigenvalue weighted by Crippen LogP contribution is 2.28. The van der Waals surface area contributed by atoms with Gasteiger partial charge in [-0.05, 0) is 30.9 Å². The highest BCUT2D eigenvalue weighted by Gasteiger charge is 2.32. The van der Waals surface area contributed by atoms with Gasteiger partial charge in [0.1, 0.15) is 5.58 Å². The van der Waals surface area contributed by atoms with E-state index < -0.39 is 0 Å². The van der Waals surface area contributed by atoms with E-state index in [1.807, 2.05) is 35.1 Å². The van der Waals surface area contributed by atoms with Gasteiger partial charge in [-0.15, -0.1) is 0 Å². The maximum absolute atomic E-state index is 10.3. The van der Waals surface area contributed by atoms with Gasteiger partial charge in [-0.1, -0.05) is 18.2 Å². The van der Waals surface area contributed by atoms with E-state index in [1.165, 1.54) is 0 Å². The maximum Gasteiger partial charge on any atom is 0.134 e. The number of nitrogens with one attached hydrogen (secondary N) is 1. The number of para-hydroxylation sites is 1. The predicted molar refractivity (Wildman–Crippen MR) is 87.8 cm³/mol. The maximum atomic E-state index is 10.3. The van der Waals surface area contributed by atoms with Crippen LogP contribution >= 0.6 is 0 Å². The van der Waals surface area contributed by atoms with E-state index in [1.54, 1.807) is 12.5 Å². The van der Waals surface area contributed by atoms with Gasteiger partial charge >= 0.3 is 0 Å². The molecule has 23 heavy (non-hydrogen) atoms. The van der Waals surface area contributed by atoms with Crippen LogP contribution < -0.4 is 5.32 Å². The Balaban J connectivity index is 1.37. The van der Waals surface area contributed by atoms with Crippen molar-refractivity contribution in [2.24, 2.45) is 5.92 Å². The highest BCUT2D eigenvalue weighted by atomic mass is 16.3. The summed E-state index contributed by atoms with van der Waals surface area (Å²) in [6.45, 7) is 1.59. The fourth-order valence-corrected chi connectivity index (χ4v) is 3.57. The smallest absolute Gasteiger partial charge is 0.134 e. The molecule has 4 rings (SSSR count). The number of furan rings is 1. The highest BCUT2D eigenvalue weighted by molar-refractivity contribution is 5.80. The van der Waals surface area contributed by atoms with Crippen LogP contribution in [0.3, 0.4) is 0 Å². The number of aliphatic hydroxyl groups excluding tert-OH is 1. The molecule has 2 aromatic heterocycles. The first-order valence-corrected chi connectivity index (χ1v) is 8.13. The fraction of sp³-hybridized carbons (Fsp3) is 0.389. The summed E-state index contributed by atoms with van der Waals surface area (Å²) in [5, 5.41) is 19.2. The molecule has 5 nitrogen and oxygen atoms in total. The zero-order valence-corrected chi connectivity index (χ0v) is 12.9. The number of aliphatic hydroxyl groups is 1. The van der Waals surface area contributed by atoms with E-state index in [9.17, 15) is 5.11 Å². The minimum atomic E-state index is -0.297. The third kappa shape index (κ3) is 3.02. The van der Waals surface area contributed by atoms with Gasteiger partial charge in [0.05, 0.1) is 12.4 Å². The number of nitrogens with zero attached hydrogens (tertiary/aromatic N) is 2. The summed E-state index contributed by atoms with van der Waals surface area (Å²) in [4.78, 5) is 0. The van der Waals surface area contributed by atoms with Crippen LogP contribution in [0.4, 0.5) is 0 Å². The van der Waals surface area contributed by atoms with Gasteiger partial charge in [-0.3, -0.25) is 4.68 Å². The van der Waals surface area contributed by atoms with Crippen LogP contribution in [0.1, 0.15) is 18.4 Å². The molecule has 0 bridgehead atoms. The largest absolute Gasteiger partial charge is 0.464 e. The number of hydrogen-bond donors (Lipinski definition) is 2. The number of rotatable bonds is 5. The second kappa shape index (κ2) is 6.18. The van der Waals surface area contributed by atoms with Crippen molar-refractivity contribution in [1.82, 2.24) is 15.1 Å². The number of fused-ring (bicyclic) bond motifs is 1. The molecule has 1 fully saturated rings. The molecular weight excluding hydrogens is 290 g/mol. The van der Waals surface area contributed by atoms with Crippen molar-refractivity contribution < 1.29 is 9.52 Å². The van der Waals surface area contributed by atoms with Crippen LogP contribution in [0, 0.1) is 5.92 Å². The van der Waals surface area contributed by atoms with Crippen molar-refractivity contribution in [1.29, 1.82) is 0 Å². The molecule has 0 spiro atoms. The Kier molecular flexibility index (Phi) is 3.89. The summed E-state index contributed by atoms with van der Waals surface area (Å²) in [6, 6.07) is 10.1. The standard InChI is InChI=1S/C18H21N3O2/c22-17-9-13(11-21-7-3-6-20-21)8-16(17)19-10-14-12-23-18-5-2-1-4-15(14)18/h1-7,12-13,16-17,19,22H,8-11H2/t13?,16-,17-/m1/s1. The van der Waals surface area contributed by atoms with Crippen LogP contribution in [0.25, 0.3) is 11.0 Å². The zero-order valence-electron chi connectivity index (χ0n) is 12.9. The molecule has 1 saturated carbocycles. The Labute approximate surface area is 134 Å². The minimum Gasteiger partial charge on any atom is -0.464 e. The normalized spacial score (nSPS) is 24.5. The van der Waals surface area contributed by atoms with Crippen LogP contribution in [-0.2, 0) is 13.1 Å². The minimum absolute atomic E-state index is 0.129. The third-order valence-corrected chi connectivity index (χ3v) is 4.75. The summed E-state index contributed by atoms with van der Waals surface area (Å²) in [5.74, 6) is 0.462. The molecule has 3 aromatic rings. The lowest BCUT2D eigenvalue weighted by atomic mass is 10.1. The van der Waals surface area contributed by atoms with E-state index in [4.69, 9.17) is 4.42 Å². The summed E-state index contributed by atoms with van der Waals surface area (Å²) in [5.41, 5.74) is 2.05. The van der Waals surface area contributed by atoms with Gasteiger partial charge in [0.25, 0.3) is 0 Å². The molecule has 1 unspecified atom stereocenters. The molecular formula is C18H21N3O2. The SMILES string of the molecule is O[C@@H]1CC(Cn2cccn2)C[C@H]1NCc1coc2ccccc12. The molecule has 1 aromatic carbocycles. The molecule has 1 aliphatic rings. The first kappa shape index (κ1) is 14.5. The summed E-state index contributed by atoms with van der Waals surface area (Å²) in [7, 11) is 0. The Morgan fingerprint density at radius 2 is 2.17 bits per heavy atom. The number of benzene rings is 1. The van der Waals surface area contributed by atoms with Gasteiger partial charge in [-0.2, -0.15) is 5.10 Å². The van der Waals surface area contributed by atoms with Gasteiger partial charge in [-0.25, -0.2) is 0 Å². The lowest BCUT2D eigenvalue weighted by molar-refractivity contribution is 0.145. The van der Waals surface area contributed by atoms with Crippen molar-refractivity contribution in [2.45, 2.75) is 38.1 Å². The third-order valence-electron chi connectivity index (χ3n) is 4.75. The lowest BCUT2D eigenvalue weighted by Gasteiger charge is -2.16. The molecule has 3 atom stereocenters. The molecule has 0 aliphatic heterocycles. The first-order valence-electron chi connectivity index (χ1n) is 8.13. The average Bonchev–Trinajstić information content (AvgIpc) is 3.27. The zero-order chi connectivity index (χ0) is 15.6. The van der Waals surface area contributed by atoms with Gasteiger partial charge in [0.2, 0.25) is 0 Å². The lowest BCUT2D eigenvalue weighted by Crippen LogP contribution is -2.35. The molecule has 120 valence electrons. The Hall–Kier alpha value is -2.11. The van der Waals surface area contributed by atoms with Crippen LogP contribution in [0.15, 0.2) is 53.4 Å². The van der Waals surface area contributed by atoms with Crippen molar-refractivity contribution in [3.63, 3.8) is 0 Å². The summed E-state index contributed by atoms with van der Waals surface area (Å²) >= 11 is 0. The molecule has 1 aliphatic carbocycles. The van der Waals surface area contributed by atoms with E-state index in [0.29, 0.717) is 12.5 Å². The van der Waals surface area contributed by atoms with Crippen molar-refractivity contribution >= 4 is 11.0 Å². The first-order chi connectivity index (χ1) is 11.3. The second-order valence-corrected chi connectivity index (χ2v) is 6.38.